The second-order valence-electron chi connectivity index (χ2n) is 5.11. The molecular weight excluding hydrogens is 270 g/mol. The Hall–Kier alpha value is -2.68. The molecule has 6 nitrogen and oxygen atoms in total. The highest BCUT2D eigenvalue weighted by Gasteiger charge is 2.51. The van der Waals surface area contributed by atoms with Gasteiger partial charge in [0.2, 0.25) is 11.8 Å². The van der Waals surface area contributed by atoms with Gasteiger partial charge in [-0.2, -0.15) is 5.26 Å². The number of hydrogen-bond donors (Lipinski definition) is 1. The number of nitrogens with two attached hydrogens (primary N) is 1. The quantitative estimate of drug-likeness (QED) is 0.805. The Morgan fingerprint density at radius 2 is 2.00 bits per heavy atom. The summed E-state index contributed by atoms with van der Waals surface area (Å²) in [6, 6.07) is 11.0. The van der Waals surface area contributed by atoms with Crippen LogP contribution in [0.5, 0.6) is 0 Å². The summed E-state index contributed by atoms with van der Waals surface area (Å²) >= 11 is 0. The highest BCUT2D eigenvalue weighted by molar-refractivity contribution is 6.07. The molecule has 0 saturated carbocycles. The van der Waals surface area contributed by atoms with Crippen LogP contribution < -0.4 is 5.73 Å². The number of carbonyl (C=O) groups is 3. The number of carbonyl (C=O) groups excluding carboxylic acids is 3. The van der Waals surface area contributed by atoms with Crippen LogP contribution in [0.15, 0.2) is 30.3 Å². The van der Waals surface area contributed by atoms with Crippen molar-refractivity contribution in [1.29, 1.82) is 5.26 Å². The molecule has 1 fully saturated rings. The minimum Gasteiger partial charge on any atom is -0.370 e. The molecule has 108 valence electrons. The zero-order chi connectivity index (χ0) is 15.5. The normalized spacial score (nSPS) is 21.4. The van der Waals surface area contributed by atoms with E-state index in [2.05, 4.69) is 0 Å². The molecule has 1 aliphatic rings. The van der Waals surface area contributed by atoms with Gasteiger partial charge in [0.15, 0.2) is 0 Å². The van der Waals surface area contributed by atoms with Crippen LogP contribution in [-0.4, -0.2) is 22.6 Å². The fourth-order valence-electron chi connectivity index (χ4n) is 2.40. The molecule has 1 saturated heterocycles. The van der Waals surface area contributed by atoms with Gasteiger partial charge >= 0.3 is 0 Å². The van der Waals surface area contributed by atoms with Crippen LogP contribution >= 0.6 is 0 Å². The zero-order valence-corrected chi connectivity index (χ0v) is 11.4. The maximum atomic E-state index is 12.4. The second kappa shape index (κ2) is 5.75. The van der Waals surface area contributed by atoms with Crippen LogP contribution in [0.2, 0.25) is 0 Å². The fraction of sp³-hybridized carbons (Fsp3) is 0.333. The summed E-state index contributed by atoms with van der Waals surface area (Å²) < 4.78 is 0. The Morgan fingerprint density at radius 3 is 2.57 bits per heavy atom. The zero-order valence-electron chi connectivity index (χ0n) is 11.4. The summed E-state index contributed by atoms with van der Waals surface area (Å²) in [6.07, 6.45) is -0.303. The minimum absolute atomic E-state index is 0.0192. The largest absolute Gasteiger partial charge is 0.370 e. The summed E-state index contributed by atoms with van der Waals surface area (Å²) in [6.45, 7) is 0.137. The number of nitriles is 1. The van der Waals surface area contributed by atoms with Gasteiger partial charge in [0.1, 0.15) is 5.41 Å². The molecule has 6 heteroatoms. The summed E-state index contributed by atoms with van der Waals surface area (Å²) in [5.74, 6) is -1.53. The predicted molar refractivity (Wildman–Crippen MR) is 73.1 cm³/mol. The van der Waals surface area contributed by atoms with Crippen molar-refractivity contribution >= 4 is 17.7 Å². The van der Waals surface area contributed by atoms with Crippen LogP contribution in [0.3, 0.4) is 0 Å². The molecule has 1 aromatic rings. The molecule has 0 aliphatic carbocycles. The molecule has 0 radical (unpaired) electrons. The van der Waals surface area contributed by atoms with Crippen molar-refractivity contribution in [2.75, 3.05) is 0 Å². The third-order valence-corrected chi connectivity index (χ3v) is 3.60. The van der Waals surface area contributed by atoms with Gasteiger partial charge in [-0.3, -0.25) is 19.3 Å². The lowest BCUT2D eigenvalue weighted by molar-refractivity contribution is -0.141. The maximum Gasteiger partial charge on any atom is 0.250 e. The molecule has 21 heavy (non-hydrogen) atoms. The first kappa shape index (κ1) is 14.7. The van der Waals surface area contributed by atoms with Crippen LogP contribution in [0.25, 0.3) is 0 Å². The molecule has 1 aromatic carbocycles. The van der Waals surface area contributed by atoms with Gasteiger partial charge in [0.05, 0.1) is 19.0 Å². The van der Waals surface area contributed by atoms with Crippen molar-refractivity contribution in [3.05, 3.63) is 35.9 Å². The summed E-state index contributed by atoms with van der Waals surface area (Å²) in [7, 11) is 0. The predicted octanol–water partition coefficient (Wildman–Crippen LogP) is 0.721. The van der Waals surface area contributed by atoms with E-state index in [-0.39, 0.29) is 25.8 Å². The molecule has 0 spiro atoms. The smallest absolute Gasteiger partial charge is 0.250 e. The molecule has 2 rings (SSSR count). The number of hydrogen-bond acceptors (Lipinski definition) is 4. The molecule has 1 unspecified atom stereocenters. The number of primary amides is 1. The third kappa shape index (κ3) is 2.92. The van der Waals surface area contributed by atoms with Gasteiger partial charge < -0.3 is 5.73 Å². The van der Waals surface area contributed by atoms with E-state index >= 15 is 0 Å². The average Bonchev–Trinajstić information content (AvgIpc) is 2.71. The van der Waals surface area contributed by atoms with E-state index in [9.17, 15) is 19.6 Å². The topological polar surface area (TPSA) is 104 Å². The Bertz CT molecular complexity index is 621. The molecule has 3 amide bonds. The molecule has 1 aliphatic heterocycles. The van der Waals surface area contributed by atoms with Crippen LogP contribution in [0.1, 0.15) is 24.8 Å². The fourth-order valence-corrected chi connectivity index (χ4v) is 2.40. The summed E-state index contributed by atoms with van der Waals surface area (Å²) in [5.41, 5.74) is 4.42. The Kier molecular flexibility index (Phi) is 4.03. The summed E-state index contributed by atoms with van der Waals surface area (Å²) in [4.78, 5) is 36.4. The molecule has 1 atom stereocenters. The van der Waals surface area contributed by atoms with Crippen molar-refractivity contribution in [2.45, 2.75) is 25.8 Å². The van der Waals surface area contributed by atoms with E-state index in [4.69, 9.17) is 5.73 Å². The van der Waals surface area contributed by atoms with Gasteiger partial charge in [-0.15, -0.1) is 0 Å². The number of imide groups is 1. The monoisotopic (exact) mass is 285 g/mol. The molecule has 1 heterocycles. The molecule has 0 bridgehead atoms. The van der Waals surface area contributed by atoms with E-state index < -0.39 is 23.1 Å². The third-order valence-electron chi connectivity index (χ3n) is 3.60. The van der Waals surface area contributed by atoms with Crippen LogP contribution in [-0.2, 0) is 20.9 Å². The average molecular weight is 285 g/mol. The van der Waals surface area contributed by atoms with E-state index in [1.807, 2.05) is 24.3 Å². The SMILES string of the molecule is N#CC1(CCC(N)=O)CC(=O)N(Cc2ccccc2)C1=O. The highest BCUT2D eigenvalue weighted by Crippen LogP contribution is 2.37. The van der Waals surface area contributed by atoms with Gasteiger partial charge in [-0.05, 0) is 12.0 Å². The van der Waals surface area contributed by atoms with Gasteiger partial charge in [-0.1, -0.05) is 30.3 Å². The highest BCUT2D eigenvalue weighted by atomic mass is 16.2. The maximum absolute atomic E-state index is 12.4. The van der Waals surface area contributed by atoms with Crippen molar-refractivity contribution in [1.82, 2.24) is 4.90 Å². The number of nitrogens with zero attached hydrogens (tertiary/aromatic N) is 2. The first-order valence-electron chi connectivity index (χ1n) is 6.57. The standard InChI is InChI=1S/C15H15N3O3/c16-10-15(7-6-12(17)19)8-13(20)18(14(15)21)9-11-4-2-1-3-5-11/h1-5H,6-9H2,(H2,17,19). The van der Waals surface area contributed by atoms with E-state index in [0.29, 0.717) is 0 Å². The van der Waals surface area contributed by atoms with Crippen LogP contribution in [0.4, 0.5) is 0 Å². The first-order valence-corrected chi connectivity index (χ1v) is 6.57. The van der Waals surface area contributed by atoms with E-state index in [0.717, 1.165) is 10.5 Å². The van der Waals surface area contributed by atoms with E-state index in [1.54, 1.807) is 12.1 Å². The molecule has 2 N–H and O–H groups in total. The molecular formula is C15H15N3O3. The number of amides is 3. The Labute approximate surface area is 122 Å². The number of rotatable bonds is 5. The Balaban J connectivity index is 2.19. The molecule has 0 aromatic heterocycles. The van der Waals surface area contributed by atoms with Crippen molar-refractivity contribution in [3.8, 4) is 6.07 Å². The van der Waals surface area contributed by atoms with Gasteiger partial charge in [-0.25, -0.2) is 0 Å². The number of benzene rings is 1. The van der Waals surface area contributed by atoms with Crippen molar-refractivity contribution in [2.24, 2.45) is 11.1 Å². The summed E-state index contributed by atoms with van der Waals surface area (Å²) in [5, 5.41) is 9.30. The van der Waals surface area contributed by atoms with Gasteiger partial charge in [0.25, 0.3) is 5.91 Å². The Morgan fingerprint density at radius 1 is 1.33 bits per heavy atom. The first-order chi connectivity index (χ1) is 9.98. The van der Waals surface area contributed by atoms with E-state index in [1.165, 1.54) is 0 Å². The lowest BCUT2D eigenvalue weighted by Gasteiger charge is -2.19. The lowest BCUT2D eigenvalue weighted by Crippen LogP contribution is -2.35. The van der Waals surface area contributed by atoms with Gasteiger partial charge in [0, 0.05) is 6.42 Å². The van der Waals surface area contributed by atoms with Crippen molar-refractivity contribution in [3.63, 3.8) is 0 Å². The van der Waals surface area contributed by atoms with Crippen LogP contribution in [0, 0.1) is 16.7 Å². The minimum atomic E-state index is -1.46. The number of likely N-dealkylation sites (tertiary alicyclic amines) is 1. The lowest BCUT2D eigenvalue weighted by atomic mass is 9.83. The van der Waals surface area contributed by atoms with Crippen molar-refractivity contribution < 1.29 is 14.4 Å². The second-order valence-corrected chi connectivity index (χ2v) is 5.11.